The van der Waals surface area contributed by atoms with E-state index in [9.17, 15) is 9.59 Å². The lowest BCUT2D eigenvalue weighted by Crippen LogP contribution is -2.24. The molecular formula is C21H23N3O3. The van der Waals surface area contributed by atoms with Crippen molar-refractivity contribution in [2.24, 2.45) is 5.92 Å². The van der Waals surface area contributed by atoms with Crippen LogP contribution in [-0.4, -0.2) is 37.0 Å². The third-order valence-electron chi connectivity index (χ3n) is 4.60. The molecule has 1 fully saturated rings. The fourth-order valence-electron chi connectivity index (χ4n) is 3.06. The van der Waals surface area contributed by atoms with Crippen LogP contribution in [0.25, 0.3) is 0 Å². The minimum Gasteiger partial charge on any atom is -0.492 e. The molecule has 1 aliphatic heterocycles. The second kappa shape index (κ2) is 8.49. The SMILES string of the molecule is C/C=C1\C(=O)NC(=O)C1Cc1ccc(OCCN(C)c2ccccn2)cc1. The Labute approximate surface area is 158 Å². The van der Waals surface area contributed by atoms with E-state index in [0.29, 0.717) is 25.1 Å². The fourth-order valence-corrected chi connectivity index (χ4v) is 3.06. The van der Waals surface area contributed by atoms with Crippen LogP contribution in [-0.2, 0) is 16.0 Å². The maximum Gasteiger partial charge on any atom is 0.254 e. The number of likely N-dealkylation sites (N-methyl/N-ethyl adjacent to an activating group) is 1. The van der Waals surface area contributed by atoms with Gasteiger partial charge in [-0.2, -0.15) is 0 Å². The highest BCUT2D eigenvalue weighted by Crippen LogP contribution is 2.24. The van der Waals surface area contributed by atoms with Gasteiger partial charge in [0.2, 0.25) is 5.91 Å². The first-order chi connectivity index (χ1) is 13.1. The number of benzene rings is 1. The zero-order chi connectivity index (χ0) is 19.2. The van der Waals surface area contributed by atoms with Crippen LogP contribution in [0, 0.1) is 5.92 Å². The quantitative estimate of drug-likeness (QED) is 0.602. The molecule has 2 aromatic rings. The Morgan fingerprint density at radius 2 is 1.96 bits per heavy atom. The smallest absolute Gasteiger partial charge is 0.254 e. The predicted octanol–water partition coefficient (Wildman–Crippen LogP) is 2.36. The predicted molar refractivity (Wildman–Crippen MR) is 104 cm³/mol. The number of hydrogen-bond acceptors (Lipinski definition) is 5. The second-order valence-corrected chi connectivity index (χ2v) is 6.42. The molecule has 6 heteroatoms. The van der Waals surface area contributed by atoms with Crippen molar-refractivity contribution < 1.29 is 14.3 Å². The van der Waals surface area contributed by atoms with Gasteiger partial charge in [-0.05, 0) is 43.2 Å². The number of nitrogens with zero attached hydrogens (tertiary/aromatic N) is 2. The van der Waals surface area contributed by atoms with E-state index in [1.165, 1.54) is 0 Å². The Morgan fingerprint density at radius 3 is 2.63 bits per heavy atom. The van der Waals surface area contributed by atoms with E-state index in [2.05, 4.69) is 10.3 Å². The van der Waals surface area contributed by atoms with Gasteiger partial charge < -0.3 is 9.64 Å². The molecular weight excluding hydrogens is 342 g/mol. The molecule has 1 atom stereocenters. The Hall–Kier alpha value is -3.15. The van der Waals surface area contributed by atoms with Crippen LogP contribution in [0.4, 0.5) is 5.82 Å². The van der Waals surface area contributed by atoms with Crippen LogP contribution in [0.15, 0.2) is 60.3 Å². The van der Waals surface area contributed by atoms with Gasteiger partial charge in [0, 0.05) is 18.8 Å². The largest absolute Gasteiger partial charge is 0.492 e. The molecule has 3 rings (SSSR count). The number of pyridine rings is 1. The minimum atomic E-state index is -0.415. The molecule has 1 aromatic carbocycles. The third-order valence-corrected chi connectivity index (χ3v) is 4.60. The molecule has 0 saturated carbocycles. The number of carbonyl (C=O) groups excluding carboxylic acids is 2. The number of ether oxygens (including phenoxy) is 1. The summed E-state index contributed by atoms with van der Waals surface area (Å²) >= 11 is 0. The zero-order valence-electron chi connectivity index (χ0n) is 15.5. The van der Waals surface area contributed by atoms with Crippen LogP contribution in [0.3, 0.4) is 0 Å². The summed E-state index contributed by atoms with van der Waals surface area (Å²) in [6, 6.07) is 13.4. The summed E-state index contributed by atoms with van der Waals surface area (Å²) in [5.41, 5.74) is 1.53. The lowest BCUT2D eigenvalue weighted by atomic mass is 9.93. The second-order valence-electron chi connectivity index (χ2n) is 6.42. The summed E-state index contributed by atoms with van der Waals surface area (Å²) in [6.45, 7) is 3.03. The van der Waals surface area contributed by atoms with Crippen LogP contribution in [0.2, 0.25) is 0 Å². The van der Waals surface area contributed by atoms with Gasteiger partial charge in [0.25, 0.3) is 5.91 Å². The summed E-state index contributed by atoms with van der Waals surface area (Å²) in [6.07, 6.45) is 3.98. The van der Waals surface area contributed by atoms with Gasteiger partial charge in [0.05, 0.1) is 12.5 Å². The van der Waals surface area contributed by atoms with E-state index in [1.54, 1.807) is 19.2 Å². The standard InChI is InChI=1S/C21H23N3O3/c1-3-17-18(21(26)23-20(17)25)14-15-7-9-16(10-8-15)27-13-12-24(2)19-6-4-5-11-22-19/h3-11,18H,12-14H2,1-2H3,(H,23,25,26)/b17-3-. The van der Waals surface area contributed by atoms with Crippen molar-refractivity contribution in [2.45, 2.75) is 13.3 Å². The van der Waals surface area contributed by atoms with Gasteiger partial charge in [-0.25, -0.2) is 4.98 Å². The molecule has 2 amide bonds. The van der Waals surface area contributed by atoms with Gasteiger partial charge in [-0.3, -0.25) is 14.9 Å². The number of rotatable bonds is 7. The van der Waals surface area contributed by atoms with Crippen molar-refractivity contribution in [1.82, 2.24) is 10.3 Å². The molecule has 2 heterocycles. The van der Waals surface area contributed by atoms with Gasteiger partial charge in [-0.1, -0.05) is 24.3 Å². The van der Waals surface area contributed by atoms with Crippen LogP contribution < -0.4 is 15.0 Å². The Balaban J connectivity index is 1.52. The number of aromatic nitrogens is 1. The monoisotopic (exact) mass is 365 g/mol. The summed E-state index contributed by atoms with van der Waals surface area (Å²) in [5.74, 6) is 0.740. The summed E-state index contributed by atoms with van der Waals surface area (Å²) < 4.78 is 5.79. The first kappa shape index (κ1) is 18.6. The lowest BCUT2D eigenvalue weighted by Gasteiger charge is -2.18. The molecule has 6 nitrogen and oxygen atoms in total. The molecule has 1 unspecified atom stereocenters. The molecule has 1 aromatic heterocycles. The maximum absolute atomic E-state index is 11.9. The van der Waals surface area contributed by atoms with Crippen molar-refractivity contribution in [1.29, 1.82) is 0 Å². The van der Waals surface area contributed by atoms with Crippen molar-refractivity contribution in [3.05, 3.63) is 65.9 Å². The van der Waals surface area contributed by atoms with E-state index in [1.807, 2.05) is 54.4 Å². The number of imide groups is 1. The van der Waals surface area contributed by atoms with Gasteiger partial charge in [0.1, 0.15) is 18.2 Å². The number of anilines is 1. The molecule has 1 aliphatic rings. The topological polar surface area (TPSA) is 71.5 Å². The van der Waals surface area contributed by atoms with E-state index < -0.39 is 5.92 Å². The van der Waals surface area contributed by atoms with Gasteiger partial charge >= 0.3 is 0 Å². The average molecular weight is 365 g/mol. The molecule has 0 bridgehead atoms. The van der Waals surface area contributed by atoms with E-state index in [4.69, 9.17) is 4.74 Å². The zero-order valence-corrected chi connectivity index (χ0v) is 15.5. The fraction of sp³-hybridized carbons (Fsp3) is 0.286. The van der Waals surface area contributed by atoms with Crippen molar-refractivity contribution in [2.75, 3.05) is 25.1 Å². The number of hydrogen-bond donors (Lipinski definition) is 1. The van der Waals surface area contributed by atoms with Crippen LogP contribution >= 0.6 is 0 Å². The highest BCUT2D eigenvalue weighted by molar-refractivity contribution is 6.14. The third kappa shape index (κ3) is 4.53. The molecule has 27 heavy (non-hydrogen) atoms. The van der Waals surface area contributed by atoms with Crippen molar-refractivity contribution >= 4 is 17.6 Å². The van der Waals surface area contributed by atoms with E-state index >= 15 is 0 Å². The molecule has 140 valence electrons. The van der Waals surface area contributed by atoms with Crippen LogP contribution in [0.5, 0.6) is 5.75 Å². The normalized spacial score (nSPS) is 17.9. The van der Waals surface area contributed by atoms with Crippen molar-refractivity contribution in [3.8, 4) is 5.75 Å². The molecule has 1 saturated heterocycles. The van der Waals surface area contributed by atoms with E-state index in [0.717, 1.165) is 17.1 Å². The molecule has 1 N–H and O–H groups in total. The Bertz CT molecular complexity index is 832. The molecule has 0 radical (unpaired) electrons. The first-order valence-electron chi connectivity index (χ1n) is 8.94. The number of carbonyl (C=O) groups is 2. The summed E-state index contributed by atoms with van der Waals surface area (Å²) in [4.78, 5) is 30.0. The number of amides is 2. The number of nitrogens with one attached hydrogen (secondary N) is 1. The highest BCUT2D eigenvalue weighted by Gasteiger charge is 2.35. The first-order valence-corrected chi connectivity index (χ1v) is 8.94. The minimum absolute atomic E-state index is 0.231. The van der Waals surface area contributed by atoms with E-state index in [-0.39, 0.29) is 11.8 Å². The summed E-state index contributed by atoms with van der Waals surface area (Å²) in [5, 5.41) is 2.37. The summed E-state index contributed by atoms with van der Waals surface area (Å²) in [7, 11) is 1.97. The Kier molecular flexibility index (Phi) is 5.86. The number of allylic oxidation sites excluding steroid dienone is 1. The lowest BCUT2D eigenvalue weighted by molar-refractivity contribution is -0.125. The highest BCUT2D eigenvalue weighted by atomic mass is 16.5. The average Bonchev–Trinajstić information content (AvgIpc) is 2.96. The van der Waals surface area contributed by atoms with Crippen LogP contribution in [0.1, 0.15) is 12.5 Å². The molecule has 0 spiro atoms. The Morgan fingerprint density at radius 1 is 1.19 bits per heavy atom. The van der Waals surface area contributed by atoms with Crippen molar-refractivity contribution in [3.63, 3.8) is 0 Å². The van der Waals surface area contributed by atoms with Gasteiger partial charge in [0.15, 0.2) is 0 Å². The molecule has 0 aliphatic carbocycles. The van der Waals surface area contributed by atoms with Gasteiger partial charge in [-0.15, -0.1) is 0 Å². The maximum atomic E-state index is 11.9.